The number of hydrogen-bond acceptors (Lipinski definition) is 5. The molecule has 10 heteroatoms. The van der Waals surface area contributed by atoms with E-state index in [0.717, 1.165) is 0 Å². The number of halogens is 2. The molecule has 2 amide bonds. The zero-order valence-corrected chi connectivity index (χ0v) is 12.6. The molecule has 122 valence electrons. The molecule has 1 atom stereocenters. The fourth-order valence-electron chi connectivity index (χ4n) is 2.20. The maximum absolute atomic E-state index is 14.2. The fraction of sp³-hybridized carbons (Fsp3) is 0.231. The van der Waals surface area contributed by atoms with E-state index in [0.29, 0.717) is 12.1 Å². The maximum atomic E-state index is 14.2. The van der Waals surface area contributed by atoms with Crippen LogP contribution in [0.1, 0.15) is 0 Å². The van der Waals surface area contributed by atoms with Crippen molar-refractivity contribution >= 4 is 30.6 Å². The van der Waals surface area contributed by atoms with Crippen molar-refractivity contribution < 1.29 is 18.7 Å². The number of nitrogens with one attached hydrogen (secondary N) is 1. The molecule has 1 aliphatic heterocycles. The molecule has 0 saturated carbocycles. The van der Waals surface area contributed by atoms with Crippen molar-refractivity contribution in [3.05, 3.63) is 36.4 Å². The van der Waals surface area contributed by atoms with Crippen LogP contribution in [0, 0.1) is 5.82 Å². The Morgan fingerprint density at radius 1 is 1.48 bits per heavy atom. The molecule has 2 aromatic rings. The van der Waals surface area contributed by atoms with Crippen molar-refractivity contribution in [1.82, 2.24) is 20.3 Å². The molecule has 0 bridgehead atoms. The second-order valence-corrected chi connectivity index (χ2v) is 4.63. The molecule has 3 rings (SSSR count). The number of rotatable bonds is 5. The molecular formula is C13H13ClFN5O3. The monoisotopic (exact) mass is 341 g/mol. The highest BCUT2D eigenvalue weighted by Gasteiger charge is 2.32. The molecule has 0 radical (unpaired) electrons. The molecule has 1 aliphatic rings. The van der Waals surface area contributed by atoms with Crippen LogP contribution in [-0.4, -0.2) is 46.7 Å². The van der Waals surface area contributed by atoms with Crippen molar-refractivity contribution in [3.63, 3.8) is 0 Å². The van der Waals surface area contributed by atoms with Crippen LogP contribution in [-0.2, 0) is 9.53 Å². The summed E-state index contributed by atoms with van der Waals surface area (Å²) in [6, 6.07) is 4.33. The summed E-state index contributed by atoms with van der Waals surface area (Å²) in [5.74, 6) is -0.537. The normalized spacial score (nSPS) is 16.7. The van der Waals surface area contributed by atoms with Gasteiger partial charge in [0.25, 0.3) is 0 Å². The second-order valence-electron chi connectivity index (χ2n) is 4.63. The summed E-state index contributed by atoms with van der Waals surface area (Å²) in [5, 5.41) is 9.78. The Kier molecular flexibility index (Phi) is 5.12. The number of hydrogen-bond donors (Lipinski definition) is 1. The first-order chi connectivity index (χ1) is 10.7. The van der Waals surface area contributed by atoms with Crippen LogP contribution in [0.5, 0.6) is 0 Å². The van der Waals surface area contributed by atoms with Gasteiger partial charge in [0.05, 0.1) is 31.2 Å². The lowest BCUT2D eigenvalue weighted by molar-refractivity contribution is -0.109. The van der Waals surface area contributed by atoms with Gasteiger partial charge in [-0.2, -0.15) is 0 Å². The lowest BCUT2D eigenvalue weighted by Crippen LogP contribution is -2.30. The number of anilines is 1. The molecule has 2 heterocycles. The summed E-state index contributed by atoms with van der Waals surface area (Å²) in [5.41, 5.74) is 0.605. The SMILES string of the molecule is Cl.O=CNCC1CN(c2ccc(-n3ccnn3)c(F)c2)C(=O)O1. The predicted octanol–water partition coefficient (Wildman–Crippen LogP) is 0.899. The highest BCUT2D eigenvalue weighted by Crippen LogP contribution is 2.25. The number of cyclic esters (lactones) is 1. The van der Waals surface area contributed by atoms with Crippen molar-refractivity contribution in [2.75, 3.05) is 18.0 Å². The van der Waals surface area contributed by atoms with Crippen LogP contribution in [0.2, 0.25) is 0 Å². The predicted molar refractivity (Wildman–Crippen MR) is 80.2 cm³/mol. The highest BCUT2D eigenvalue weighted by molar-refractivity contribution is 5.89. The molecule has 0 aliphatic carbocycles. The van der Waals surface area contributed by atoms with Gasteiger partial charge in [-0.25, -0.2) is 13.9 Å². The summed E-state index contributed by atoms with van der Waals surface area (Å²) in [6.07, 6.45) is 2.45. The van der Waals surface area contributed by atoms with Crippen LogP contribution < -0.4 is 10.2 Å². The average molecular weight is 342 g/mol. The van der Waals surface area contributed by atoms with Gasteiger partial charge >= 0.3 is 6.09 Å². The first-order valence-corrected chi connectivity index (χ1v) is 6.50. The van der Waals surface area contributed by atoms with E-state index in [1.165, 1.54) is 34.1 Å². The Hall–Kier alpha value is -2.68. The van der Waals surface area contributed by atoms with Gasteiger partial charge in [0.2, 0.25) is 6.41 Å². The third-order valence-corrected chi connectivity index (χ3v) is 3.22. The minimum Gasteiger partial charge on any atom is -0.442 e. The van der Waals surface area contributed by atoms with Crippen LogP contribution in [0.4, 0.5) is 14.9 Å². The molecule has 1 N–H and O–H groups in total. The molecule has 1 saturated heterocycles. The Morgan fingerprint density at radius 2 is 2.30 bits per heavy atom. The topological polar surface area (TPSA) is 89.4 Å². The van der Waals surface area contributed by atoms with E-state index in [2.05, 4.69) is 15.6 Å². The van der Waals surface area contributed by atoms with E-state index >= 15 is 0 Å². The van der Waals surface area contributed by atoms with Gasteiger partial charge in [0.1, 0.15) is 11.8 Å². The smallest absolute Gasteiger partial charge is 0.414 e. The molecule has 1 fully saturated rings. The van der Waals surface area contributed by atoms with Gasteiger partial charge in [0, 0.05) is 0 Å². The van der Waals surface area contributed by atoms with E-state index in [-0.39, 0.29) is 31.2 Å². The van der Waals surface area contributed by atoms with E-state index in [1.54, 1.807) is 6.07 Å². The number of ether oxygens (including phenoxy) is 1. The van der Waals surface area contributed by atoms with E-state index in [1.807, 2.05) is 0 Å². The summed E-state index contributed by atoms with van der Waals surface area (Å²) in [4.78, 5) is 23.4. The largest absolute Gasteiger partial charge is 0.442 e. The van der Waals surface area contributed by atoms with Gasteiger partial charge in [-0.3, -0.25) is 9.69 Å². The second kappa shape index (κ2) is 7.05. The summed E-state index contributed by atoms with van der Waals surface area (Å²) in [7, 11) is 0. The van der Waals surface area contributed by atoms with Crippen molar-refractivity contribution in [2.45, 2.75) is 6.10 Å². The summed E-state index contributed by atoms with van der Waals surface area (Å²) in [6.45, 7) is 0.451. The van der Waals surface area contributed by atoms with Gasteiger partial charge in [0.15, 0.2) is 5.82 Å². The third kappa shape index (κ3) is 3.39. The maximum Gasteiger partial charge on any atom is 0.414 e. The van der Waals surface area contributed by atoms with Gasteiger partial charge in [-0.05, 0) is 18.2 Å². The van der Waals surface area contributed by atoms with Crippen LogP contribution in [0.3, 0.4) is 0 Å². The fourth-order valence-corrected chi connectivity index (χ4v) is 2.20. The molecule has 1 unspecified atom stereocenters. The zero-order chi connectivity index (χ0) is 15.5. The minimum atomic E-state index is -0.578. The standard InChI is InChI=1S/C13H12FN5O3.ClH/c14-11-5-9(1-2-12(11)19-4-3-16-17-19)18-7-10(6-15-8-20)22-13(18)21;/h1-5,8,10H,6-7H2,(H,15,20);1H. The van der Waals surface area contributed by atoms with Crippen molar-refractivity contribution in [2.24, 2.45) is 0 Å². The number of aromatic nitrogens is 3. The Labute approximate surface area is 136 Å². The Morgan fingerprint density at radius 3 is 2.96 bits per heavy atom. The van der Waals surface area contributed by atoms with Crippen molar-refractivity contribution in [3.8, 4) is 5.69 Å². The lowest BCUT2D eigenvalue weighted by atomic mass is 10.2. The lowest BCUT2D eigenvalue weighted by Gasteiger charge is -2.14. The molecule has 1 aromatic heterocycles. The molecular weight excluding hydrogens is 329 g/mol. The van der Waals surface area contributed by atoms with Crippen LogP contribution in [0.15, 0.2) is 30.6 Å². The number of nitrogens with zero attached hydrogens (tertiary/aromatic N) is 4. The molecule has 0 spiro atoms. The molecule has 8 nitrogen and oxygen atoms in total. The minimum absolute atomic E-state index is 0. The summed E-state index contributed by atoms with van der Waals surface area (Å²) < 4.78 is 20.5. The number of carbonyl (C=O) groups is 2. The van der Waals surface area contributed by atoms with E-state index in [9.17, 15) is 14.0 Å². The van der Waals surface area contributed by atoms with Gasteiger partial charge in [-0.15, -0.1) is 17.5 Å². The molecule has 1 aromatic carbocycles. The third-order valence-electron chi connectivity index (χ3n) is 3.22. The molecule has 23 heavy (non-hydrogen) atoms. The Balaban J connectivity index is 0.00000192. The van der Waals surface area contributed by atoms with E-state index in [4.69, 9.17) is 4.74 Å². The van der Waals surface area contributed by atoms with E-state index < -0.39 is 18.0 Å². The first-order valence-electron chi connectivity index (χ1n) is 6.50. The summed E-state index contributed by atoms with van der Waals surface area (Å²) >= 11 is 0. The number of amides is 2. The van der Waals surface area contributed by atoms with Crippen LogP contribution >= 0.6 is 12.4 Å². The van der Waals surface area contributed by atoms with Crippen LogP contribution in [0.25, 0.3) is 5.69 Å². The first kappa shape index (κ1) is 16.7. The van der Waals surface area contributed by atoms with Gasteiger partial charge < -0.3 is 10.1 Å². The Bertz CT molecular complexity index is 697. The zero-order valence-electron chi connectivity index (χ0n) is 11.8. The van der Waals surface area contributed by atoms with Crippen molar-refractivity contribution in [1.29, 1.82) is 0 Å². The average Bonchev–Trinajstić information content (AvgIpc) is 3.14. The number of benzene rings is 1. The quantitative estimate of drug-likeness (QED) is 0.816. The highest BCUT2D eigenvalue weighted by atomic mass is 35.5. The number of carbonyl (C=O) groups excluding carboxylic acids is 2. The van der Waals surface area contributed by atoms with Gasteiger partial charge in [-0.1, -0.05) is 5.21 Å².